The number of aryl methyl sites for hydroxylation is 1. The van der Waals surface area contributed by atoms with Crippen LogP contribution in [0.5, 0.6) is 11.5 Å². The molecule has 0 bridgehead atoms. The maximum Gasteiger partial charge on any atom is 0.313 e. The summed E-state index contributed by atoms with van der Waals surface area (Å²) in [5.41, 5.74) is 4.25. The molecule has 2 aliphatic heterocycles. The first-order valence-corrected chi connectivity index (χ1v) is 12.4. The molecule has 2 aliphatic rings. The summed E-state index contributed by atoms with van der Waals surface area (Å²) < 4.78 is 10.5. The van der Waals surface area contributed by atoms with Crippen LogP contribution in [0.1, 0.15) is 42.9 Å². The van der Waals surface area contributed by atoms with Crippen LogP contribution >= 0.6 is 0 Å². The number of hydrogen-bond donors (Lipinski definition) is 2. The number of rotatable bonds is 7. The number of likely N-dealkylation sites (tertiary alicyclic amines) is 1. The average Bonchev–Trinajstić information content (AvgIpc) is 2.89. The van der Waals surface area contributed by atoms with Crippen LogP contribution in [0, 0.1) is 0 Å². The molecule has 1 saturated heterocycles. The van der Waals surface area contributed by atoms with E-state index in [0.717, 1.165) is 45.3 Å². The lowest BCUT2D eigenvalue weighted by Crippen LogP contribution is -2.43. The van der Waals surface area contributed by atoms with E-state index in [9.17, 15) is 9.59 Å². The smallest absolute Gasteiger partial charge is 0.313 e. The zero-order valence-electron chi connectivity index (χ0n) is 20.9. The summed E-state index contributed by atoms with van der Waals surface area (Å²) in [5.74, 6) is -0.360. The zero-order chi connectivity index (χ0) is 24.8. The maximum atomic E-state index is 12.8. The summed E-state index contributed by atoms with van der Waals surface area (Å²) >= 11 is 0. The van der Waals surface area contributed by atoms with Crippen LogP contribution in [0.2, 0.25) is 0 Å². The standard InChI is InChI=1S/C27H36N4O4/c1-30-13-7-8-19-16-20(9-12-23(19)30)24(31-14-5-4-6-15-31)18-28-26(32)27(33)29-22-11-10-21(34-2)17-25(22)35-3/h9-12,16-17,24H,4-8,13-15,18H2,1-3H3,(H,28,32)(H,29,33)/t24-/m0/s1. The molecule has 0 aromatic heterocycles. The first-order valence-electron chi connectivity index (χ1n) is 12.4. The molecule has 0 unspecified atom stereocenters. The second kappa shape index (κ2) is 11.4. The fourth-order valence-electron chi connectivity index (χ4n) is 5.05. The number of hydrogen-bond acceptors (Lipinski definition) is 6. The van der Waals surface area contributed by atoms with Crippen LogP contribution in [0.3, 0.4) is 0 Å². The van der Waals surface area contributed by atoms with Crippen molar-refractivity contribution in [3.05, 3.63) is 47.5 Å². The molecule has 8 heteroatoms. The van der Waals surface area contributed by atoms with Crippen molar-refractivity contribution in [3.8, 4) is 11.5 Å². The van der Waals surface area contributed by atoms with Crippen LogP contribution in [0.4, 0.5) is 11.4 Å². The zero-order valence-corrected chi connectivity index (χ0v) is 20.9. The number of ether oxygens (including phenoxy) is 2. The number of benzene rings is 2. The van der Waals surface area contributed by atoms with Crippen molar-refractivity contribution in [1.82, 2.24) is 10.2 Å². The molecule has 0 spiro atoms. The van der Waals surface area contributed by atoms with Gasteiger partial charge in [0.1, 0.15) is 11.5 Å². The maximum absolute atomic E-state index is 12.8. The van der Waals surface area contributed by atoms with Gasteiger partial charge in [0.25, 0.3) is 0 Å². The van der Waals surface area contributed by atoms with E-state index < -0.39 is 11.8 Å². The van der Waals surface area contributed by atoms with Crippen molar-refractivity contribution in [3.63, 3.8) is 0 Å². The molecule has 0 saturated carbocycles. The lowest BCUT2D eigenvalue weighted by molar-refractivity contribution is -0.136. The summed E-state index contributed by atoms with van der Waals surface area (Å²) in [6, 6.07) is 11.7. The second-order valence-corrected chi connectivity index (χ2v) is 9.26. The molecule has 2 aromatic carbocycles. The molecule has 2 aromatic rings. The highest BCUT2D eigenvalue weighted by Crippen LogP contribution is 2.32. The summed E-state index contributed by atoms with van der Waals surface area (Å²) in [5, 5.41) is 5.53. The quantitative estimate of drug-likeness (QED) is 0.592. The Balaban J connectivity index is 1.46. The van der Waals surface area contributed by atoms with Gasteiger partial charge in [-0.15, -0.1) is 0 Å². The van der Waals surface area contributed by atoms with Gasteiger partial charge < -0.3 is 25.0 Å². The third kappa shape index (κ3) is 5.88. The molecule has 2 N–H and O–H groups in total. The van der Waals surface area contributed by atoms with Crippen molar-refractivity contribution in [2.24, 2.45) is 0 Å². The molecule has 8 nitrogen and oxygen atoms in total. The molecule has 1 atom stereocenters. The lowest BCUT2D eigenvalue weighted by Gasteiger charge is -2.36. The van der Waals surface area contributed by atoms with Gasteiger partial charge in [-0.1, -0.05) is 18.6 Å². The van der Waals surface area contributed by atoms with E-state index in [-0.39, 0.29) is 6.04 Å². The van der Waals surface area contributed by atoms with Gasteiger partial charge in [0.05, 0.1) is 25.9 Å². The van der Waals surface area contributed by atoms with Crippen molar-refractivity contribution >= 4 is 23.2 Å². The Labute approximate surface area is 207 Å². The Bertz CT molecular complexity index is 1050. The molecule has 1 fully saturated rings. The first-order chi connectivity index (χ1) is 17.0. The van der Waals surface area contributed by atoms with Crippen LogP contribution in [-0.2, 0) is 16.0 Å². The highest BCUT2D eigenvalue weighted by Gasteiger charge is 2.26. The summed E-state index contributed by atoms with van der Waals surface area (Å²) in [6.07, 6.45) is 5.74. The molecule has 0 radical (unpaired) electrons. The van der Waals surface area contributed by atoms with Crippen LogP contribution in [0.15, 0.2) is 36.4 Å². The number of carbonyl (C=O) groups excluding carboxylic acids is 2. The summed E-state index contributed by atoms with van der Waals surface area (Å²) in [7, 11) is 5.19. The van der Waals surface area contributed by atoms with Crippen molar-refractivity contribution in [2.75, 3.05) is 57.7 Å². The Morgan fingerprint density at radius 3 is 2.49 bits per heavy atom. The van der Waals surface area contributed by atoms with Gasteiger partial charge in [-0.2, -0.15) is 0 Å². The number of nitrogens with one attached hydrogen (secondary N) is 2. The normalized spacial score (nSPS) is 16.7. The number of methoxy groups -OCH3 is 2. The predicted octanol–water partition coefficient (Wildman–Crippen LogP) is 3.37. The molecular weight excluding hydrogens is 444 g/mol. The molecule has 0 aliphatic carbocycles. The summed E-state index contributed by atoms with van der Waals surface area (Å²) in [6.45, 7) is 3.44. The predicted molar refractivity (Wildman–Crippen MR) is 137 cm³/mol. The number of anilines is 2. The van der Waals surface area contributed by atoms with Crippen molar-refractivity contribution in [2.45, 2.75) is 38.1 Å². The van der Waals surface area contributed by atoms with E-state index in [1.807, 2.05) is 0 Å². The van der Waals surface area contributed by atoms with E-state index in [2.05, 4.69) is 45.7 Å². The minimum absolute atomic E-state index is 0.0279. The fourth-order valence-corrected chi connectivity index (χ4v) is 5.05. The van der Waals surface area contributed by atoms with Gasteiger partial charge in [-0.05, 0) is 68.1 Å². The largest absolute Gasteiger partial charge is 0.497 e. The molecule has 35 heavy (non-hydrogen) atoms. The third-order valence-electron chi connectivity index (χ3n) is 6.99. The molecule has 2 heterocycles. The number of fused-ring (bicyclic) bond motifs is 1. The minimum atomic E-state index is -0.724. The number of piperidine rings is 1. The highest BCUT2D eigenvalue weighted by molar-refractivity contribution is 6.39. The number of amides is 2. The monoisotopic (exact) mass is 480 g/mol. The fraction of sp³-hybridized carbons (Fsp3) is 0.481. The Morgan fingerprint density at radius 2 is 1.74 bits per heavy atom. The Hall–Kier alpha value is -3.26. The minimum Gasteiger partial charge on any atom is -0.497 e. The Kier molecular flexibility index (Phi) is 8.13. The van der Waals surface area contributed by atoms with Crippen LogP contribution in [-0.4, -0.2) is 64.2 Å². The molecule has 188 valence electrons. The molecule has 4 rings (SSSR count). The highest BCUT2D eigenvalue weighted by atomic mass is 16.5. The van der Waals surface area contributed by atoms with E-state index >= 15 is 0 Å². The molecular formula is C27H36N4O4. The van der Waals surface area contributed by atoms with Crippen molar-refractivity contribution < 1.29 is 19.1 Å². The topological polar surface area (TPSA) is 83.1 Å². The van der Waals surface area contributed by atoms with Gasteiger partial charge in [0, 0.05) is 31.9 Å². The second-order valence-electron chi connectivity index (χ2n) is 9.26. The Morgan fingerprint density at radius 1 is 0.943 bits per heavy atom. The van der Waals surface area contributed by atoms with E-state index in [4.69, 9.17) is 9.47 Å². The van der Waals surface area contributed by atoms with Crippen LogP contribution < -0.4 is 25.0 Å². The molecule has 2 amide bonds. The van der Waals surface area contributed by atoms with E-state index in [1.54, 1.807) is 25.3 Å². The summed E-state index contributed by atoms with van der Waals surface area (Å²) in [4.78, 5) is 30.1. The SMILES string of the molecule is COc1ccc(NC(=O)C(=O)NC[C@@H](c2ccc3c(c2)CCCN3C)N2CCCCC2)c(OC)c1. The van der Waals surface area contributed by atoms with Gasteiger partial charge >= 0.3 is 11.8 Å². The first kappa shape index (κ1) is 24.9. The number of carbonyl (C=O) groups is 2. The van der Waals surface area contributed by atoms with Crippen molar-refractivity contribution in [1.29, 1.82) is 0 Å². The van der Waals surface area contributed by atoms with E-state index in [1.165, 1.54) is 30.3 Å². The van der Waals surface area contributed by atoms with Gasteiger partial charge in [-0.25, -0.2) is 0 Å². The third-order valence-corrected chi connectivity index (χ3v) is 6.99. The average molecular weight is 481 g/mol. The number of nitrogens with zero attached hydrogens (tertiary/aromatic N) is 2. The van der Waals surface area contributed by atoms with Gasteiger partial charge in [0.2, 0.25) is 0 Å². The van der Waals surface area contributed by atoms with E-state index in [0.29, 0.717) is 23.7 Å². The lowest BCUT2D eigenvalue weighted by atomic mass is 9.95. The van der Waals surface area contributed by atoms with Crippen LogP contribution in [0.25, 0.3) is 0 Å². The van der Waals surface area contributed by atoms with Gasteiger partial charge in [0.15, 0.2) is 0 Å². The van der Waals surface area contributed by atoms with Gasteiger partial charge in [-0.3, -0.25) is 14.5 Å².